The van der Waals surface area contributed by atoms with Crippen molar-refractivity contribution >= 4 is 40.2 Å². The summed E-state index contributed by atoms with van der Waals surface area (Å²) in [5.41, 5.74) is 6.61. The number of benzene rings is 1. The van der Waals surface area contributed by atoms with Crippen LogP contribution in [0.15, 0.2) is 29.3 Å². The molecule has 1 aromatic carbocycles. The predicted octanol–water partition coefficient (Wildman–Crippen LogP) is 1.17. The molecule has 0 spiro atoms. The molecule has 2 amide bonds. The van der Waals surface area contributed by atoms with Gasteiger partial charge in [0, 0.05) is 11.3 Å². The van der Waals surface area contributed by atoms with Crippen LogP contribution in [0, 0.1) is 0 Å². The van der Waals surface area contributed by atoms with Crippen molar-refractivity contribution in [3.63, 3.8) is 0 Å². The standard InChI is InChI=1S/C13H13N3O3S/c1-7(17)8-2-4-9(5-3-8)15-12(19)10-6-11(18)16-13(14)20-10/h2-5,10H,6H2,1H3,(H,15,19)(H2,14,16,18)/t10-/m0/s1. The lowest BCUT2D eigenvalue weighted by atomic mass is 10.1. The zero-order valence-corrected chi connectivity index (χ0v) is 11.6. The summed E-state index contributed by atoms with van der Waals surface area (Å²) in [5.74, 6) is -0.745. The molecule has 0 aromatic heterocycles. The fraction of sp³-hybridized carbons (Fsp3) is 0.231. The number of thioether (sulfide) groups is 1. The van der Waals surface area contributed by atoms with Gasteiger partial charge < -0.3 is 11.1 Å². The summed E-state index contributed by atoms with van der Waals surface area (Å²) in [6.07, 6.45) is 0.0305. The van der Waals surface area contributed by atoms with Crippen LogP contribution >= 0.6 is 11.8 Å². The van der Waals surface area contributed by atoms with Gasteiger partial charge in [0.25, 0.3) is 0 Å². The van der Waals surface area contributed by atoms with Crippen molar-refractivity contribution in [3.05, 3.63) is 29.8 Å². The molecular formula is C13H13N3O3S. The first kappa shape index (κ1) is 14.3. The van der Waals surface area contributed by atoms with Gasteiger partial charge in [-0.2, -0.15) is 4.99 Å². The first-order chi connectivity index (χ1) is 9.45. The Labute approximate surface area is 119 Å². The summed E-state index contributed by atoms with van der Waals surface area (Å²) < 4.78 is 0. The van der Waals surface area contributed by atoms with E-state index in [2.05, 4.69) is 10.3 Å². The zero-order chi connectivity index (χ0) is 14.7. The molecule has 3 N–H and O–H groups in total. The molecule has 0 saturated heterocycles. The van der Waals surface area contributed by atoms with Gasteiger partial charge in [-0.25, -0.2) is 0 Å². The van der Waals surface area contributed by atoms with E-state index in [4.69, 9.17) is 5.73 Å². The summed E-state index contributed by atoms with van der Waals surface area (Å²) in [7, 11) is 0. The molecule has 2 rings (SSSR count). The van der Waals surface area contributed by atoms with Crippen molar-refractivity contribution in [2.24, 2.45) is 10.7 Å². The van der Waals surface area contributed by atoms with Crippen LogP contribution < -0.4 is 11.1 Å². The number of rotatable bonds is 3. The smallest absolute Gasteiger partial charge is 0.249 e. The van der Waals surface area contributed by atoms with Crippen LogP contribution in [0.3, 0.4) is 0 Å². The van der Waals surface area contributed by atoms with E-state index >= 15 is 0 Å². The van der Waals surface area contributed by atoms with Crippen molar-refractivity contribution < 1.29 is 14.4 Å². The number of hydrogen-bond acceptors (Lipinski definition) is 5. The van der Waals surface area contributed by atoms with Gasteiger partial charge in [0.1, 0.15) is 5.25 Å². The third kappa shape index (κ3) is 3.45. The van der Waals surface area contributed by atoms with Crippen LogP contribution in [0.5, 0.6) is 0 Å². The van der Waals surface area contributed by atoms with Crippen molar-refractivity contribution in [2.75, 3.05) is 5.32 Å². The summed E-state index contributed by atoms with van der Waals surface area (Å²) in [5, 5.41) is 2.21. The molecule has 1 aromatic rings. The fourth-order valence-corrected chi connectivity index (χ4v) is 2.54. The molecule has 1 heterocycles. The maximum Gasteiger partial charge on any atom is 0.249 e. The van der Waals surface area contributed by atoms with E-state index in [0.29, 0.717) is 11.3 Å². The number of nitrogens with zero attached hydrogens (tertiary/aromatic N) is 1. The molecule has 0 unspecified atom stereocenters. The van der Waals surface area contributed by atoms with Gasteiger partial charge >= 0.3 is 0 Å². The predicted molar refractivity (Wildman–Crippen MR) is 77.7 cm³/mol. The number of carbonyl (C=O) groups excluding carboxylic acids is 3. The van der Waals surface area contributed by atoms with Gasteiger partial charge in [-0.15, -0.1) is 0 Å². The van der Waals surface area contributed by atoms with Crippen LogP contribution in [0.25, 0.3) is 0 Å². The van der Waals surface area contributed by atoms with Gasteiger partial charge in [0.2, 0.25) is 11.8 Å². The summed E-state index contributed by atoms with van der Waals surface area (Å²) in [4.78, 5) is 38.0. The second-order valence-electron chi connectivity index (χ2n) is 4.28. The third-order valence-electron chi connectivity index (χ3n) is 2.71. The fourth-order valence-electron chi connectivity index (χ4n) is 1.70. The van der Waals surface area contributed by atoms with E-state index in [-0.39, 0.29) is 23.3 Å². The SMILES string of the molecule is CC(=O)c1ccc(NC(=O)[C@@H]2CC(=O)N=C(N)S2)cc1. The Balaban J connectivity index is 2.03. The first-order valence-corrected chi connectivity index (χ1v) is 6.79. The first-order valence-electron chi connectivity index (χ1n) is 5.91. The summed E-state index contributed by atoms with van der Waals surface area (Å²) >= 11 is 1.07. The zero-order valence-electron chi connectivity index (χ0n) is 10.8. The molecule has 7 heteroatoms. The number of anilines is 1. The van der Waals surface area contributed by atoms with Crippen molar-refractivity contribution in [1.82, 2.24) is 0 Å². The monoisotopic (exact) mass is 291 g/mol. The van der Waals surface area contributed by atoms with E-state index in [1.54, 1.807) is 24.3 Å². The maximum atomic E-state index is 12.0. The van der Waals surface area contributed by atoms with Gasteiger partial charge in [-0.3, -0.25) is 14.4 Å². The van der Waals surface area contributed by atoms with Gasteiger partial charge in [-0.1, -0.05) is 11.8 Å². The van der Waals surface area contributed by atoms with Gasteiger partial charge in [0.05, 0.1) is 6.42 Å². The summed E-state index contributed by atoms with van der Waals surface area (Å²) in [6, 6.07) is 6.54. The largest absolute Gasteiger partial charge is 0.378 e. The average molecular weight is 291 g/mol. The number of nitrogens with one attached hydrogen (secondary N) is 1. The Morgan fingerprint density at radius 2 is 2.00 bits per heavy atom. The lowest BCUT2D eigenvalue weighted by Gasteiger charge is -2.17. The number of amidine groups is 1. The van der Waals surface area contributed by atoms with E-state index in [0.717, 1.165) is 11.8 Å². The Morgan fingerprint density at radius 3 is 2.55 bits per heavy atom. The highest BCUT2D eigenvalue weighted by Gasteiger charge is 2.27. The number of Topliss-reactive ketones (excluding diaryl/α,β-unsaturated/α-hetero) is 1. The lowest BCUT2D eigenvalue weighted by Crippen LogP contribution is -2.33. The third-order valence-corrected chi connectivity index (χ3v) is 3.71. The highest BCUT2D eigenvalue weighted by molar-refractivity contribution is 8.15. The van der Waals surface area contributed by atoms with Crippen molar-refractivity contribution in [2.45, 2.75) is 18.6 Å². The second-order valence-corrected chi connectivity index (χ2v) is 5.50. The number of amides is 2. The Morgan fingerprint density at radius 1 is 1.35 bits per heavy atom. The Hall–Kier alpha value is -2.15. The highest BCUT2D eigenvalue weighted by Crippen LogP contribution is 2.22. The molecular weight excluding hydrogens is 278 g/mol. The summed E-state index contributed by atoms with van der Waals surface area (Å²) in [6.45, 7) is 1.47. The van der Waals surface area contributed by atoms with Crippen LogP contribution in [0.1, 0.15) is 23.7 Å². The molecule has 0 radical (unpaired) electrons. The van der Waals surface area contributed by atoms with Crippen molar-refractivity contribution in [3.8, 4) is 0 Å². The number of carbonyl (C=O) groups is 3. The average Bonchev–Trinajstić information content (AvgIpc) is 2.38. The minimum atomic E-state index is -0.576. The van der Waals surface area contributed by atoms with Gasteiger partial charge in [0.15, 0.2) is 11.0 Å². The van der Waals surface area contributed by atoms with E-state index < -0.39 is 11.2 Å². The molecule has 0 aliphatic carbocycles. The quantitative estimate of drug-likeness (QED) is 0.814. The van der Waals surface area contributed by atoms with E-state index in [1.807, 2.05) is 0 Å². The number of hydrogen-bond donors (Lipinski definition) is 2. The molecule has 0 bridgehead atoms. The lowest BCUT2D eigenvalue weighted by molar-refractivity contribution is -0.121. The topological polar surface area (TPSA) is 102 Å². The van der Waals surface area contributed by atoms with Crippen LogP contribution in [0.4, 0.5) is 5.69 Å². The second kappa shape index (κ2) is 5.87. The molecule has 1 atom stereocenters. The van der Waals surface area contributed by atoms with Gasteiger partial charge in [-0.05, 0) is 31.2 Å². The van der Waals surface area contributed by atoms with E-state index in [9.17, 15) is 14.4 Å². The molecule has 0 saturated carbocycles. The Bertz CT molecular complexity index is 595. The van der Waals surface area contributed by atoms with Crippen molar-refractivity contribution in [1.29, 1.82) is 0 Å². The molecule has 1 aliphatic heterocycles. The van der Waals surface area contributed by atoms with E-state index in [1.165, 1.54) is 6.92 Å². The molecule has 20 heavy (non-hydrogen) atoms. The maximum absolute atomic E-state index is 12.0. The minimum absolute atomic E-state index is 0.0305. The Kier molecular flexibility index (Phi) is 4.19. The molecule has 6 nitrogen and oxygen atoms in total. The number of ketones is 1. The molecule has 104 valence electrons. The minimum Gasteiger partial charge on any atom is -0.378 e. The molecule has 0 fully saturated rings. The highest BCUT2D eigenvalue weighted by atomic mass is 32.2. The van der Waals surface area contributed by atoms with Crippen LogP contribution in [0.2, 0.25) is 0 Å². The number of aliphatic imine (C=N–C) groups is 1. The molecule has 1 aliphatic rings. The normalized spacial score (nSPS) is 18.4. The van der Waals surface area contributed by atoms with Crippen LogP contribution in [-0.4, -0.2) is 28.0 Å². The van der Waals surface area contributed by atoms with Crippen LogP contribution in [-0.2, 0) is 9.59 Å². The number of nitrogens with two attached hydrogens (primary N) is 1.